The van der Waals surface area contributed by atoms with E-state index in [2.05, 4.69) is 24.1 Å². The Labute approximate surface area is 126 Å². The molecule has 0 radical (unpaired) electrons. The third-order valence-electron chi connectivity index (χ3n) is 4.14. The molecule has 110 valence electrons. The number of rotatable bonds is 4. The molecule has 1 aliphatic rings. The maximum atomic E-state index is 12.7. The third kappa shape index (κ3) is 3.32. The van der Waals surface area contributed by atoms with Crippen molar-refractivity contribution in [1.82, 2.24) is 4.98 Å². The summed E-state index contributed by atoms with van der Waals surface area (Å²) in [6, 6.07) is 3.55. The first-order chi connectivity index (χ1) is 9.43. The molecule has 1 N–H and O–H groups in total. The number of nitrogens with zero attached hydrogens (tertiary/aromatic N) is 1. The molecule has 1 amide bonds. The molecule has 20 heavy (non-hydrogen) atoms. The molecule has 0 unspecified atom stereocenters. The van der Waals surface area contributed by atoms with Crippen molar-refractivity contribution in [3.05, 3.63) is 23.0 Å². The summed E-state index contributed by atoms with van der Waals surface area (Å²) in [6.45, 7) is 6.23. The van der Waals surface area contributed by atoms with E-state index >= 15 is 0 Å². The Bertz CT molecular complexity index is 493. The van der Waals surface area contributed by atoms with Gasteiger partial charge in [0.1, 0.15) is 5.15 Å². The summed E-state index contributed by atoms with van der Waals surface area (Å²) in [6.07, 6.45) is 5.25. The van der Waals surface area contributed by atoms with E-state index in [-0.39, 0.29) is 11.3 Å². The first kappa shape index (κ1) is 15.3. The highest BCUT2D eigenvalue weighted by atomic mass is 35.5. The molecule has 1 aromatic rings. The van der Waals surface area contributed by atoms with Gasteiger partial charge in [0.25, 0.3) is 0 Å². The van der Waals surface area contributed by atoms with Crippen LogP contribution >= 0.6 is 11.6 Å². The second-order valence-corrected chi connectivity index (χ2v) is 6.69. The number of hydrogen-bond acceptors (Lipinski definition) is 2. The largest absolute Gasteiger partial charge is 0.324 e. The highest BCUT2D eigenvalue weighted by molar-refractivity contribution is 6.29. The smallest absolute Gasteiger partial charge is 0.230 e. The van der Waals surface area contributed by atoms with Crippen LogP contribution in [0.5, 0.6) is 0 Å². The minimum Gasteiger partial charge on any atom is -0.324 e. The molecular weight excluding hydrogens is 272 g/mol. The molecule has 1 aromatic heterocycles. The van der Waals surface area contributed by atoms with Crippen LogP contribution in [0, 0.1) is 18.3 Å². The van der Waals surface area contributed by atoms with Gasteiger partial charge in [-0.25, -0.2) is 4.98 Å². The van der Waals surface area contributed by atoms with Gasteiger partial charge in [0.15, 0.2) is 0 Å². The Morgan fingerprint density at radius 2 is 2.05 bits per heavy atom. The van der Waals surface area contributed by atoms with E-state index in [1.54, 1.807) is 6.07 Å². The van der Waals surface area contributed by atoms with Crippen molar-refractivity contribution >= 4 is 23.2 Å². The second kappa shape index (κ2) is 6.13. The molecule has 0 atom stereocenters. The number of nitrogens with one attached hydrogen (secondary N) is 1. The summed E-state index contributed by atoms with van der Waals surface area (Å²) < 4.78 is 0. The summed E-state index contributed by atoms with van der Waals surface area (Å²) >= 11 is 5.85. The molecule has 1 saturated carbocycles. The molecule has 1 fully saturated rings. The minimum absolute atomic E-state index is 0.149. The lowest BCUT2D eigenvalue weighted by molar-refractivity contribution is -0.126. The topological polar surface area (TPSA) is 42.0 Å². The van der Waals surface area contributed by atoms with Gasteiger partial charge in [0, 0.05) is 5.41 Å². The molecule has 0 aliphatic heterocycles. The lowest BCUT2D eigenvalue weighted by Crippen LogP contribution is -2.35. The lowest BCUT2D eigenvalue weighted by atomic mass is 9.77. The Morgan fingerprint density at radius 1 is 1.40 bits per heavy atom. The number of anilines is 1. The van der Waals surface area contributed by atoms with Gasteiger partial charge in [-0.05, 0) is 44.2 Å². The molecule has 1 aliphatic carbocycles. The monoisotopic (exact) mass is 294 g/mol. The van der Waals surface area contributed by atoms with Gasteiger partial charge >= 0.3 is 0 Å². The van der Waals surface area contributed by atoms with Gasteiger partial charge in [-0.1, -0.05) is 38.3 Å². The number of amides is 1. The van der Waals surface area contributed by atoms with E-state index in [0.29, 0.717) is 11.1 Å². The normalized spacial score (nSPS) is 17.4. The van der Waals surface area contributed by atoms with Crippen LogP contribution in [0.2, 0.25) is 5.15 Å². The van der Waals surface area contributed by atoms with Crippen molar-refractivity contribution in [2.24, 2.45) is 11.3 Å². The van der Waals surface area contributed by atoms with Crippen LogP contribution in [0.25, 0.3) is 0 Å². The van der Waals surface area contributed by atoms with Gasteiger partial charge in [-0.3, -0.25) is 4.79 Å². The second-order valence-electron chi connectivity index (χ2n) is 6.31. The Balaban J connectivity index is 2.16. The van der Waals surface area contributed by atoms with E-state index in [1.165, 1.54) is 0 Å². The molecular formula is C16H23ClN2O. The van der Waals surface area contributed by atoms with Crippen molar-refractivity contribution in [1.29, 1.82) is 0 Å². The molecule has 4 heteroatoms. The van der Waals surface area contributed by atoms with Crippen molar-refractivity contribution in [3.63, 3.8) is 0 Å². The maximum Gasteiger partial charge on any atom is 0.230 e. The van der Waals surface area contributed by atoms with Gasteiger partial charge in [0.05, 0.1) is 11.4 Å². The van der Waals surface area contributed by atoms with Gasteiger partial charge in [-0.15, -0.1) is 0 Å². The van der Waals surface area contributed by atoms with Crippen LogP contribution in [0.1, 0.15) is 51.6 Å². The van der Waals surface area contributed by atoms with Crippen LogP contribution in [-0.2, 0) is 4.79 Å². The standard InChI is InChI=1S/C16H23ClN2O/c1-11(2)10-16(8-4-5-9-16)15(20)19-13-6-7-14(17)18-12(13)3/h6-7,11H,4-5,8-10H2,1-3H3,(H,19,20). The Kier molecular flexibility index (Phi) is 4.69. The van der Waals surface area contributed by atoms with E-state index in [1.807, 2.05) is 13.0 Å². The third-order valence-corrected chi connectivity index (χ3v) is 4.35. The number of aromatic nitrogens is 1. The Morgan fingerprint density at radius 3 is 2.60 bits per heavy atom. The zero-order valence-electron chi connectivity index (χ0n) is 12.5. The van der Waals surface area contributed by atoms with Crippen molar-refractivity contribution in [3.8, 4) is 0 Å². The fraction of sp³-hybridized carbons (Fsp3) is 0.625. The van der Waals surface area contributed by atoms with E-state index in [0.717, 1.165) is 43.5 Å². The fourth-order valence-corrected chi connectivity index (χ4v) is 3.46. The highest BCUT2D eigenvalue weighted by Gasteiger charge is 2.41. The molecule has 3 nitrogen and oxygen atoms in total. The van der Waals surface area contributed by atoms with Crippen LogP contribution < -0.4 is 5.32 Å². The van der Waals surface area contributed by atoms with E-state index in [9.17, 15) is 4.79 Å². The number of pyridine rings is 1. The van der Waals surface area contributed by atoms with Crippen LogP contribution in [0.15, 0.2) is 12.1 Å². The summed E-state index contributed by atoms with van der Waals surface area (Å²) in [7, 11) is 0. The van der Waals surface area contributed by atoms with Gasteiger partial charge < -0.3 is 5.32 Å². The number of halogens is 1. The van der Waals surface area contributed by atoms with Crippen LogP contribution in [0.3, 0.4) is 0 Å². The maximum absolute atomic E-state index is 12.7. The molecule has 0 bridgehead atoms. The molecule has 0 saturated heterocycles. The molecule has 0 spiro atoms. The lowest BCUT2D eigenvalue weighted by Gasteiger charge is -2.29. The predicted molar refractivity (Wildman–Crippen MR) is 83.0 cm³/mol. The van der Waals surface area contributed by atoms with Crippen LogP contribution in [-0.4, -0.2) is 10.9 Å². The van der Waals surface area contributed by atoms with Crippen LogP contribution in [0.4, 0.5) is 5.69 Å². The first-order valence-electron chi connectivity index (χ1n) is 7.37. The Hall–Kier alpha value is -1.09. The summed E-state index contributed by atoms with van der Waals surface area (Å²) in [5.74, 6) is 0.680. The number of aryl methyl sites for hydroxylation is 1. The molecule has 1 heterocycles. The summed E-state index contributed by atoms with van der Waals surface area (Å²) in [5.41, 5.74) is 1.35. The molecule has 0 aromatic carbocycles. The van der Waals surface area contributed by atoms with Crippen molar-refractivity contribution in [2.45, 2.75) is 52.9 Å². The summed E-state index contributed by atoms with van der Waals surface area (Å²) in [5, 5.41) is 3.52. The number of carbonyl (C=O) groups excluding carboxylic acids is 1. The van der Waals surface area contributed by atoms with Gasteiger partial charge in [0.2, 0.25) is 5.91 Å². The van der Waals surface area contributed by atoms with Crippen molar-refractivity contribution in [2.75, 3.05) is 5.32 Å². The van der Waals surface area contributed by atoms with E-state index in [4.69, 9.17) is 11.6 Å². The average Bonchev–Trinajstić information content (AvgIpc) is 2.81. The predicted octanol–water partition coefficient (Wildman–Crippen LogP) is 4.59. The van der Waals surface area contributed by atoms with E-state index < -0.39 is 0 Å². The zero-order chi connectivity index (χ0) is 14.8. The summed E-state index contributed by atoms with van der Waals surface area (Å²) in [4.78, 5) is 16.9. The quantitative estimate of drug-likeness (QED) is 0.825. The SMILES string of the molecule is Cc1nc(Cl)ccc1NC(=O)C1(CC(C)C)CCCC1. The van der Waals surface area contributed by atoms with Crippen molar-refractivity contribution < 1.29 is 4.79 Å². The highest BCUT2D eigenvalue weighted by Crippen LogP contribution is 2.44. The average molecular weight is 295 g/mol. The molecule has 2 rings (SSSR count). The first-order valence-corrected chi connectivity index (χ1v) is 7.75. The number of hydrogen-bond donors (Lipinski definition) is 1. The number of carbonyl (C=O) groups is 1. The minimum atomic E-state index is -0.194. The zero-order valence-corrected chi connectivity index (χ0v) is 13.3. The van der Waals surface area contributed by atoms with Gasteiger partial charge in [-0.2, -0.15) is 0 Å². The fourth-order valence-electron chi connectivity index (χ4n) is 3.27.